The molecule has 2 heterocycles. The summed E-state index contributed by atoms with van der Waals surface area (Å²) in [6.45, 7) is 4.25. The molecule has 0 aliphatic rings. The molecule has 0 saturated heterocycles. The van der Waals surface area contributed by atoms with Crippen LogP contribution in [0.15, 0.2) is 18.3 Å². The summed E-state index contributed by atoms with van der Waals surface area (Å²) in [4.78, 5) is 12.8. The Balaban J connectivity index is 0.000000878. The Hall–Kier alpha value is -2.51. The van der Waals surface area contributed by atoms with E-state index in [0.29, 0.717) is 44.1 Å². The van der Waals surface area contributed by atoms with Crippen LogP contribution in [0.25, 0.3) is 22.2 Å². The third-order valence-corrected chi connectivity index (χ3v) is 4.40. The molecule has 0 radical (unpaired) electrons. The van der Waals surface area contributed by atoms with E-state index in [4.69, 9.17) is 38.4 Å². The summed E-state index contributed by atoms with van der Waals surface area (Å²) in [7, 11) is 4.77. The Morgan fingerprint density at radius 2 is 1.61 bits per heavy atom. The fraction of sp³-hybridized carbons (Fsp3) is 0.316. The predicted octanol–water partition coefficient (Wildman–Crippen LogP) is 5.06. The van der Waals surface area contributed by atoms with Crippen molar-refractivity contribution in [3.8, 4) is 22.8 Å². The van der Waals surface area contributed by atoms with Crippen molar-refractivity contribution in [3.05, 3.63) is 28.4 Å². The number of methoxy groups -OCH3 is 2. The van der Waals surface area contributed by atoms with E-state index >= 15 is 0 Å². The molecule has 2 aromatic heterocycles. The van der Waals surface area contributed by atoms with Crippen LogP contribution in [0.5, 0.6) is 11.5 Å². The fourth-order valence-corrected chi connectivity index (χ4v) is 3.16. The largest absolute Gasteiger partial charge is 0.495 e. The number of aromatic nitrogens is 3. The SMILES string of the molecule is CCC.CNc1nc(-c2c(Cl)c(OC)cc(OC)c2Cl)cc2cnc(N)nc12. The van der Waals surface area contributed by atoms with Crippen LogP contribution in [0.3, 0.4) is 0 Å². The average Bonchev–Trinajstić information content (AvgIpc) is 2.68. The quantitative estimate of drug-likeness (QED) is 0.605. The molecule has 7 nitrogen and oxygen atoms in total. The van der Waals surface area contributed by atoms with Gasteiger partial charge in [-0.15, -0.1) is 0 Å². The third-order valence-electron chi connectivity index (χ3n) is 3.65. The monoisotopic (exact) mass is 423 g/mol. The lowest BCUT2D eigenvalue weighted by Gasteiger charge is -2.15. The van der Waals surface area contributed by atoms with E-state index in [1.807, 2.05) is 0 Å². The zero-order chi connectivity index (χ0) is 20.8. The molecule has 0 amide bonds. The molecule has 0 atom stereocenters. The van der Waals surface area contributed by atoms with Crippen molar-refractivity contribution < 1.29 is 9.47 Å². The first-order valence-electron chi connectivity index (χ1n) is 8.63. The number of hydrogen-bond donors (Lipinski definition) is 2. The van der Waals surface area contributed by atoms with Gasteiger partial charge < -0.3 is 20.5 Å². The van der Waals surface area contributed by atoms with Crippen molar-refractivity contribution in [3.63, 3.8) is 0 Å². The average molecular weight is 424 g/mol. The molecule has 3 aromatic rings. The van der Waals surface area contributed by atoms with E-state index in [1.54, 1.807) is 25.4 Å². The number of halogens is 2. The predicted molar refractivity (Wildman–Crippen MR) is 116 cm³/mol. The summed E-state index contributed by atoms with van der Waals surface area (Å²) in [5.74, 6) is 1.55. The highest BCUT2D eigenvalue weighted by Crippen LogP contribution is 2.46. The Labute approximate surface area is 174 Å². The third kappa shape index (κ3) is 4.31. The van der Waals surface area contributed by atoms with Gasteiger partial charge in [-0.1, -0.05) is 43.5 Å². The molecule has 3 rings (SSSR count). The van der Waals surface area contributed by atoms with Crippen LogP contribution < -0.4 is 20.5 Å². The first-order chi connectivity index (χ1) is 13.4. The number of nitrogen functional groups attached to an aromatic ring is 1. The van der Waals surface area contributed by atoms with Crippen molar-refractivity contribution in [1.82, 2.24) is 15.0 Å². The lowest BCUT2D eigenvalue weighted by atomic mass is 10.1. The number of anilines is 2. The molecule has 28 heavy (non-hydrogen) atoms. The lowest BCUT2D eigenvalue weighted by molar-refractivity contribution is 0.395. The first-order valence-corrected chi connectivity index (χ1v) is 9.38. The van der Waals surface area contributed by atoms with E-state index in [-0.39, 0.29) is 5.95 Å². The van der Waals surface area contributed by atoms with Crippen molar-refractivity contribution in [2.45, 2.75) is 20.3 Å². The topological polar surface area (TPSA) is 95.2 Å². The Bertz CT molecular complexity index is 954. The summed E-state index contributed by atoms with van der Waals surface area (Å²) in [5, 5.41) is 4.40. The van der Waals surface area contributed by atoms with Crippen LogP contribution in [-0.4, -0.2) is 36.2 Å². The molecule has 9 heteroatoms. The van der Waals surface area contributed by atoms with Gasteiger partial charge in [0.15, 0.2) is 5.82 Å². The van der Waals surface area contributed by atoms with Crippen molar-refractivity contribution in [2.75, 3.05) is 32.3 Å². The number of fused-ring (bicyclic) bond motifs is 1. The number of nitrogens with zero attached hydrogens (tertiary/aromatic N) is 3. The van der Waals surface area contributed by atoms with Gasteiger partial charge in [0, 0.05) is 30.3 Å². The molecule has 0 unspecified atom stereocenters. The number of ether oxygens (including phenoxy) is 2. The maximum atomic E-state index is 6.47. The van der Waals surface area contributed by atoms with Crippen molar-refractivity contribution >= 4 is 45.9 Å². The van der Waals surface area contributed by atoms with Crippen LogP contribution in [-0.2, 0) is 0 Å². The Morgan fingerprint density at radius 3 is 2.11 bits per heavy atom. The van der Waals surface area contributed by atoms with E-state index in [9.17, 15) is 0 Å². The lowest BCUT2D eigenvalue weighted by Crippen LogP contribution is -2.02. The van der Waals surface area contributed by atoms with Gasteiger partial charge >= 0.3 is 0 Å². The highest BCUT2D eigenvalue weighted by molar-refractivity contribution is 6.41. The van der Waals surface area contributed by atoms with Gasteiger partial charge in [-0.3, -0.25) is 0 Å². The van der Waals surface area contributed by atoms with Gasteiger partial charge in [0.2, 0.25) is 5.95 Å². The summed E-state index contributed by atoms with van der Waals surface area (Å²) in [6, 6.07) is 3.40. The van der Waals surface area contributed by atoms with Gasteiger partial charge in [-0.25, -0.2) is 15.0 Å². The number of nitrogens with one attached hydrogen (secondary N) is 1. The van der Waals surface area contributed by atoms with Gasteiger partial charge in [-0.05, 0) is 6.07 Å². The highest BCUT2D eigenvalue weighted by atomic mass is 35.5. The summed E-state index contributed by atoms with van der Waals surface area (Å²) in [6.07, 6.45) is 2.86. The minimum absolute atomic E-state index is 0.165. The van der Waals surface area contributed by atoms with Crippen LogP contribution in [0.1, 0.15) is 20.3 Å². The zero-order valence-corrected chi connectivity index (χ0v) is 17.9. The van der Waals surface area contributed by atoms with E-state index in [2.05, 4.69) is 34.1 Å². The molecule has 1 aromatic carbocycles. The summed E-state index contributed by atoms with van der Waals surface area (Å²) < 4.78 is 10.6. The number of nitrogens with two attached hydrogens (primary N) is 1. The van der Waals surface area contributed by atoms with Crippen LogP contribution in [0.4, 0.5) is 11.8 Å². The highest BCUT2D eigenvalue weighted by Gasteiger charge is 2.21. The molecular weight excluding hydrogens is 401 g/mol. The van der Waals surface area contributed by atoms with Crippen molar-refractivity contribution in [2.24, 2.45) is 0 Å². The molecule has 0 saturated carbocycles. The van der Waals surface area contributed by atoms with Gasteiger partial charge in [-0.2, -0.15) is 0 Å². The van der Waals surface area contributed by atoms with Crippen LogP contribution >= 0.6 is 23.2 Å². The van der Waals surface area contributed by atoms with Crippen LogP contribution in [0, 0.1) is 0 Å². The van der Waals surface area contributed by atoms with E-state index in [1.165, 1.54) is 20.6 Å². The second kappa shape index (κ2) is 9.61. The Morgan fingerprint density at radius 1 is 1.04 bits per heavy atom. The number of rotatable bonds is 4. The minimum Gasteiger partial charge on any atom is -0.495 e. The molecule has 0 spiro atoms. The fourth-order valence-electron chi connectivity index (χ4n) is 2.47. The van der Waals surface area contributed by atoms with Crippen molar-refractivity contribution in [1.29, 1.82) is 0 Å². The minimum atomic E-state index is 0.165. The number of benzene rings is 1. The molecule has 0 fully saturated rings. The van der Waals surface area contributed by atoms with E-state index < -0.39 is 0 Å². The maximum absolute atomic E-state index is 6.47. The van der Waals surface area contributed by atoms with E-state index in [0.717, 1.165) is 5.39 Å². The normalized spacial score (nSPS) is 10.2. The van der Waals surface area contributed by atoms with Gasteiger partial charge in [0.05, 0.1) is 30.0 Å². The molecular formula is C19H23Cl2N5O2. The Kier molecular flexibility index (Phi) is 7.48. The smallest absolute Gasteiger partial charge is 0.220 e. The zero-order valence-electron chi connectivity index (χ0n) is 16.4. The first kappa shape index (κ1) is 21.8. The second-order valence-electron chi connectivity index (χ2n) is 5.76. The van der Waals surface area contributed by atoms with Gasteiger partial charge in [0.25, 0.3) is 0 Å². The number of hydrogen-bond acceptors (Lipinski definition) is 7. The summed E-state index contributed by atoms with van der Waals surface area (Å²) in [5.41, 5.74) is 7.29. The standard InChI is InChI=1S/C16H15Cl2N5O2.C3H8/c1-20-15-14-7(6-21-16(19)23-14)4-8(22-15)11-12(17)9(24-2)5-10(25-3)13(11)18;1-3-2/h4-6H,1-3H3,(H,20,22)(H2,19,21,23);3H2,1-2H3. The second-order valence-corrected chi connectivity index (χ2v) is 6.52. The maximum Gasteiger partial charge on any atom is 0.220 e. The molecule has 0 aliphatic heterocycles. The molecule has 3 N–H and O–H groups in total. The van der Waals surface area contributed by atoms with Crippen LogP contribution in [0.2, 0.25) is 10.0 Å². The molecule has 0 aliphatic carbocycles. The van der Waals surface area contributed by atoms with Gasteiger partial charge in [0.1, 0.15) is 17.0 Å². The molecule has 150 valence electrons. The summed E-state index contributed by atoms with van der Waals surface area (Å²) >= 11 is 12.9. The molecule has 0 bridgehead atoms. The number of pyridine rings is 1.